The van der Waals surface area contributed by atoms with Gasteiger partial charge in [-0.3, -0.25) is 14.9 Å². The summed E-state index contributed by atoms with van der Waals surface area (Å²) in [5.41, 5.74) is 0.755. The van der Waals surface area contributed by atoms with Crippen LogP contribution in [0.3, 0.4) is 0 Å². The quantitative estimate of drug-likeness (QED) is 0.477. The first-order valence-electron chi connectivity index (χ1n) is 6.46. The number of methoxy groups -OCH3 is 1. The highest BCUT2D eigenvalue weighted by atomic mass is 16.6. The highest BCUT2D eigenvalue weighted by molar-refractivity contribution is 5.74. The van der Waals surface area contributed by atoms with Crippen molar-refractivity contribution < 1.29 is 14.5 Å². The fraction of sp³-hybridized carbons (Fsp3) is 0.500. The molecule has 2 unspecified atom stereocenters. The minimum absolute atomic E-state index is 0.100. The molecule has 2 rings (SSSR count). The van der Waals surface area contributed by atoms with Gasteiger partial charge in [0.2, 0.25) is 0 Å². The van der Waals surface area contributed by atoms with Crippen LogP contribution in [0.5, 0.6) is 0 Å². The molecule has 1 aliphatic rings. The molecule has 2 atom stereocenters. The van der Waals surface area contributed by atoms with E-state index in [1.54, 1.807) is 18.2 Å². The van der Waals surface area contributed by atoms with Crippen LogP contribution in [-0.4, -0.2) is 18.0 Å². The monoisotopic (exact) mass is 263 g/mol. The Labute approximate surface area is 111 Å². The summed E-state index contributed by atoms with van der Waals surface area (Å²) in [7, 11) is 1.37. The highest BCUT2D eigenvalue weighted by Crippen LogP contribution is 2.41. The molecule has 1 aromatic rings. The van der Waals surface area contributed by atoms with Gasteiger partial charge in [-0.1, -0.05) is 31.0 Å². The van der Waals surface area contributed by atoms with Crippen molar-refractivity contribution in [3.63, 3.8) is 0 Å². The van der Waals surface area contributed by atoms with Gasteiger partial charge in [-0.25, -0.2) is 0 Å². The Kier molecular flexibility index (Phi) is 4.14. The van der Waals surface area contributed by atoms with Gasteiger partial charge in [0.1, 0.15) is 0 Å². The number of ether oxygens (including phenoxy) is 1. The molecule has 1 fully saturated rings. The standard InChI is InChI=1S/C14H17NO4/c1-19-14(16)12-8-3-2-6-10(12)11-7-4-5-9-13(11)15(17)18/h4-5,7,9-10,12H,2-3,6,8H2,1H3. The van der Waals surface area contributed by atoms with E-state index in [9.17, 15) is 14.9 Å². The van der Waals surface area contributed by atoms with Crippen molar-refractivity contribution >= 4 is 11.7 Å². The molecule has 0 heterocycles. The van der Waals surface area contributed by atoms with E-state index in [4.69, 9.17) is 4.74 Å². The molecule has 0 N–H and O–H groups in total. The molecule has 0 spiro atoms. The largest absolute Gasteiger partial charge is 0.469 e. The zero-order chi connectivity index (χ0) is 13.8. The summed E-state index contributed by atoms with van der Waals surface area (Å²) < 4.78 is 4.83. The fourth-order valence-electron chi connectivity index (χ4n) is 2.90. The Hall–Kier alpha value is -1.91. The lowest BCUT2D eigenvalue weighted by molar-refractivity contribution is -0.385. The predicted molar refractivity (Wildman–Crippen MR) is 69.8 cm³/mol. The van der Waals surface area contributed by atoms with Gasteiger partial charge in [0, 0.05) is 17.5 Å². The van der Waals surface area contributed by atoms with Crippen LogP contribution < -0.4 is 0 Å². The third-order valence-electron chi connectivity index (χ3n) is 3.80. The lowest BCUT2D eigenvalue weighted by atomic mass is 9.75. The number of benzene rings is 1. The van der Waals surface area contributed by atoms with Crippen LogP contribution in [0, 0.1) is 16.0 Å². The van der Waals surface area contributed by atoms with Crippen molar-refractivity contribution in [1.82, 2.24) is 0 Å². The van der Waals surface area contributed by atoms with Crippen LogP contribution in [0.4, 0.5) is 5.69 Å². The van der Waals surface area contributed by atoms with Gasteiger partial charge >= 0.3 is 5.97 Å². The summed E-state index contributed by atoms with van der Waals surface area (Å²) in [6, 6.07) is 6.69. The average molecular weight is 263 g/mol. The lowest BCUT2D eigenvalue weighted by Gasteiger charge is -2.29. The second kappa shape index (κ2) is 5.82. The normalized spacial score (nSPS) is 22.8. The number of esters is 1. The maximum atomic E-state index is 11.8. The molecule has 0 aliphatic heterocycles. The molecule has 19 heavy (non-hydrogen) atoms. The first-order valence-corrected chi connectivity index (χ1v) is 6.46. The van der Waals surface area contributed by atoms with Crippen molar-refractivity contribution in [3.8, 4) is 0 Å². The van der Waals surface area contributed by atoms with Gasteiger partial charge in [0.05, 0.1) is 18.0 Å². The van der Waals surface area contributed by atoms with E-state index in [2.05, 4.69) is 0 Å². The lowest BCUT2D eigenvalue weighted by Crippen LogP contribution is -2.27. The molecule has 0 radical (unpaired) electrons. The summed E-state index contributed by atoms with van der Waals surface area (Å²) in [6.07, 6.45) is 3.50. The highest BCUT2D eigenvalue weighted by Gasteiger charge is 2.35. The topological polar surface area (TPSA) is 69.4 Å². The van der Waals surface area contributed by atoms with Crippen molar-refractivity contribution in [2.75, 3.05) is 7.11 Å². The van der Waals surface area contributed by atoms with E-state index in [1.165, 1.54) is 13.2 Å². The molecule has 1 aromatic carbocycles. The summed E-state index contributed by atoms with van der Waals surface area (Å²) in [5.74, 6) is -0.634. The van der Waals surface area contributed by atoms with Gasteiger partial charge in [0.25, 0.3) is 5.69 Å². The number of para-hydroxylation sites is 1. The van der Waals surface area contributed by atoms with Gasteiger partial charge in [0.15, 0.2) is 0 Å². The third-order valence-corrected chi connectivity index (χ3v) is 3.80. The van der Waals surface area contributed by atoms with E-state index >= 15 is 0 Å². The van der Waals surface area contributed by atoms with Crippen molar-refractivity contribution in [2.24, 2.45) is 5.92 Å². The van der Waals surface area contributed by atoms with Crippen molar-refractivity contribution in [3.05, 3.63) is 39.9 Å². The van der Waals surface area contributed by atoms with Gasteiger partial charge in [-0.2, -0.15) is 0 Å². The predicted octanol–water partition coefficient (Wildman–Crippen LogP) is 3.04. The molecule has 5 nitrogen and oxygen atoms in total. The zero-order valence-electron chi connectivity index (χ0n) is 10.9. The van der Waals surface area contributed by atoms with Crippen molar-refractivity contribution in [1.29, 1.82) is 0 Å². The van der Waals surface area contributed by atoms with Crippen LogP contribution >= 0.6 is 0 Å². The maximum absolute atomic E-state index is 11.8. The number of carbonyl (C=O) groups is 1. The van der Waals surface area contributed by atoms with Crippen LogP contribution in [0.1, 0.15) is 37.2 Å². The number of nitrogens with zero attached hydrogens (tertiary/aromatic N) is 1. The van der Waals surface area contributed by atoms with Crippen LogP contribution in [0.15, 0.2) is 24.3 Å². The third kappa shape index (κ3) is 2.75. The number of rotatable bonds is 3. The summed E-state index contributed by atoms with van der Waals surface area (Å²) in [6.45, 7) is 0. The summed E-state index contributed by atoms with van der Waals surface area (Å²) >= 11 is 0. The fourth-order valence-corrected chi connectivity index (χ4v) is 2.90. The molecule has 0 bridgehead atoms. The second-order valence-corrected chi connectivity index (χ2v) is 4.84. The Bertz CT molecular complexity index is 486. The molecule has 1 saturated carbocycles. The minimum Gasteiger partial charge on any atom is -0.469 e. The second-order valence-electron chi connectivity index (χ2n) is 4.84. The molecule has 0 aromatic heterocycles. The number of hydrogen-bond acceptors (Lipinski definition) is 4. The van der Waals surface area contributed by atoms with E-state index in [0.717, 1.165) is 25.7 Å². The van der Waals surface area contributed by atoms with Crippen LogP contribution in [-0.2, 0) is 9.53 Å². The number of nitro benzene ring substituents is 1. The van der Waals surface area contributed by atoms with Gasteiger partial charge in [-0.15, -0.1) is 0 Å². The molecular formula is C14H17NO4. The van der Waals surface area contributed by atoms with Crippen molar-refractivity contribution in [2.45, 2.75) is 31.6 Å². The van der Waals surface area contributed by atoms with E-state index in [-0.39, 0.29) is 28.4 Å². The Balaban J connectivity index is 2.37. The van der Waals surface area contributed by atoms with E-state index in [1.807, 2.05) is 0 Å². The molecule has 102 valence electrons. The summed E-state index contributed by atoms with van der Waals surface area (Å²) in [4.78, 5) is 22.6. The Morgan fingerprint density at radius 2 is 2.00 bits per heavy atom. The zero-order valence-corrected chi connectivity index (χ0v) is 10.9. The first kappa shape index (κ1) is 13.5. The smallest absolute Gasteiger partial charge is 0.309 e. The maximum Gasteiger partial charge on any atom is 0.309 e. The van der Waals surface area contributed by atoms with Gasteiger partial charge in [-0.05, 0) is 12.8 Å². The Morgan fingerprint density at radius 1 is 1.32 bits per heavy atom. The molecule has 0 saturated heterocycles. The van der Waals surface area contributed by atoms with Gasteiger partial charge < -0.3 is 4.74 Å². The molecule has 0 amide bonds. The van der Waals surface area contributed by atoms with Crippen LogP contribution in [0.25, 0.3) is 0 Å². The molecular weight excluding hydrogens is 246 g/mol. The summed E-state index contributed by atoms with van der Waals surface area (Å²) in [5, 5.41) is 11.1. The number of hydrogen-bond donors (Lipinski definition) is 0. The van der Waals surface area contributed by atoms with Crippen LogP contribution in [0.2, 0.25) is 0 Å². The Morgan fingerprint density at radius 3 is 2.68 bits per heavy atom. The average Bonchev–Trinajstić information content (AvgIpc) is 2.46. The van der Waals surface area contributed by atoms with E-state index < -0.39 is 0 Å². The minimum atomic E-state index is -0.377. The number of carbonyl (C=O) groups excluding carboxylic acids is 1. The first-order chi connectivity index (χ1) is 9.15. The molecule has 1 aliphatic carbocycles. The SMILES string of the molecule is COC(=O)C1CCCCC1c1ccccc1[N+](=O)[O-]. The van der Waals surface area contributed by atoms with E-state index in [0.29, 0.717) is 5.56 Å². The molecule has 5 heteroatoms. The number of nitro groups is 1.